The van der Waals surface area contributed by atoms with Gasteiger partial charge in [-0.15, -0.1) is 0 Å². The Morgan fingerprint density at radius 2 is 1.64 bits per heavy atom. The SMILES string of the molecule is COCCn1ncc(-c2ccc(-c3cnc(C(=O)Nc4ccc(C(=O)N5CCC(C(=O)N6CC[N+](CC(N)=O)(CC(=O)O)CC6)CC5)c(Cl)c4)n3C)c(F)c2F)c1C. The molecule has 2 aliphatic heterocycles. The van der Waals surface area contributed by atoms with Crippen LogP contribution in [0.4, 0.5) is 14.5 Å². The Balaban J connectivity index is 1.05. The van der Waals surface area contributed by atoms with Crippen LogP contribution in [0, 0.1) is 24.5 Å². The van der Waals surface area contributed by atoms with Crippen molar-refractivity contribution in [3.8, 4) is 22.4 Å². The summed E-state index contributed by atoms with van der Waals surface area (Å²) in [6.45, 7) is 4.09. The fourth-order valence-corrected chi connectivity index (χ4v) is 8.01. The Bertz CT molecular complexity index is 2230. The van der Waals surface area contributed by atoms with Crippen molar-refractivity contribution >= 4 is 46.9 Å². The first kappa shape index (κ1) is 41.9. The van der Waals surface area contributed by atoms with Crippen LogP contribution in [-0.4, -0.2) is 134 Å². The van der Waals surface area contributed by atoms with Crippen LogP contribution in [0.25, 0.3) is 22.4 Å². The molecule has 2 fully saturated rings. The molecule has 4 heterocycles. The number of carboxylic acids is 1. The molecule has 0 bridgehead atoms. The first-order valence-corrected chi connectivity index (χ1v) is 19.1. The van der Waals surface area contributed by atoms with E-state index in [1.54, 1.807) is 28.5 Å². The van der Waals surface area contributed by atoms with Gasteiger partial charge in [-0.1, -0.05) is 17.7 Å². The first-order valence-electron chi connectivity index (χ1n) is 18.7. The third kappa shape index (κ3) is 8.73. The molecule has 2 aromatic carbocycles. The second kappa shape index (κ2) is 17.4. The smallest absolute Gasteiger partial charge is 0.359 e. The van der Waals surface area contributed by atoms with Crippen LogP contribution in [0.2, 0.25) is 5.02 Å². The number of hydrogen-bond donors (Lipinski definition) is 3. The quantitative estimate of drug-likeness (QED) is 0.170. The Morgan fingerprint density at radius 1 is 0.966 bits per heavy atom. The number of rotatable bonds is 13. The molecular formula is C39H45ClF2N9O7+. The van der Waals surface area contributed by atoms with E-state index in [1.807, 2.05) is 0 Å². The summed E-state index contributed by atoms with van der Waals surface area (Å²) in [5.74, 6) is -5.27. The Morgan fingerprint density at radius 3 is 2.28 bits per heavy atom. The molecule has 308 valence electrons. The lowest BCUT2D eigenvalue weighted by Crippen LogP contribution is -2.64. The molecule has 2 saturated heterocycles. The molecule has 0 unspecified atom stereocenters. The van der Waals surface area contributed by atoms with Gasteiger partial charge in [0.1, 0.15) is 0 Å². The van der Waals surface area contributed by atoms with E-state index < -0.39 is 29.4 Å². The average molecular weight is 825 g/mol. The summed E-state index contributed by atoms with van der Waals surface area (Å²) in [6, 6.07) is 7.32. The van der Waals surface area contributed by atoms with Crippen molar-refractivity contribution in [1.29, 1.82) is 0 Å². The zero-order valence-corrected chi connectivity index (χ0v) is 33.1. The van der Waals surface area contributed by atoms with E-state index in [-0.39, 0.29) is 74.2 Å². The summed E-state index contributed by atoms with van der Waals surface area (Å²) in [5, 5.41) is 16.4. The highest BCUT2D eigenvalue weighted by molar-refractivity contribution is 6.34. The number of nitrogens with two attached hydrogens (primary N) is 1. The number of primary amides is 1. The van der Waals surface area contributed by atoms with E-state index >= 15 is 8.78 Å². The predicted octanol–water partition coefficient (Wildman–Crippen LogP) is 3.17. The van der Waals surface area contributed by atoms with Crippen LogP contribution in [-0.2, 0) is 32.7 Å². The number of aromatic nitrogens is 4. The van der Waals surface area contributed by atoms with Crippen LogP contribution < -0.4 is 11.1 Å². The number of carbonyl (C=O) groups excluding carboxylic acids is 4. The van der Waals surface area contributed by atoms with E-state index in [0.717, 1.165) is 0 Å². The Kier molecular flexibility index (Phi) is 12.6. The highest BCUT2D eigenvalue weighted by Crippen LogP contribution is 2.33. The standard InChI is InChI=1S/C39H44ClF2N9O7/c1-23-29(19-45-50(23)14-17-58-3)26-6-7-28(35(42)34(26)41)31-20-44-36(47(31)2)37(55)46-25-4-5-27(30(40)18-25)39(57)48-10-8-24(9-11-48)38(56)49-12-15-51(16-13-49,21-32(43)52)22-33(53)54/h4-7,18-20,24H,8-17,21-22H2,1-3H3,(H3-,43,46,52,53,54,55,57)/p+1. The molecule has 0 radical (unpaired) electrons. The van der Waals surface area contributed by atoms with E-state index in [1.165, 1.54) is 54.3 Å². The second-order valence-corrected chi connectivity index (χ2v) is 15.1. The highest BCUT2D eigenvalue weighted by atomic mass is 35.5. The summed E-state index contributed by atoms with van der Waals surface area (Å²) < 4.78 is 39.1. The van der Waals surface area contributed by atoms with Gasteiger partial charge in [0.25, 0.3) is 17.7 Å². The molecule has 6 rings (SSSR count). The van der Waals surface area contributed by atoms with E-state index in [4.69, 9.17) is 22.1 Å². The number of piperazine rings is 1. The van der Waals surface area contributed by atoms with Crippen molar-refractivity contribution in [3.63, 3.8) is 0 Å². The van der Waals surface area contributed by atoms with Crippen molar-refractivity contribution in [2.24, 2.45) is 18.7 Å². The largest absolute Gasteiger partial charge is 0.477 e. The van der Waals surface area contributed by atoms with Crippen LogP contribution in [0.3, 0.4) is 0 Å². The maximum absolute atomic E-state index is 15.6. The highest BCUT2D eigenvalue weighted by Gasteiger charge is 2.40. The van der Waals surface area contributed by atoms with Crippen LogP contribution in [0.15, 0.2) is 42.7 Å². The van der Waals surface area contributed by atoms with E-state index in [9.17, 15) is 29.1 Å². The van der Waals surface area contributed by atoms with E-state index in [2.05, 4.69) is 15.4 Å². The van der Waals surface area contributed by atoms with Crippen molar-refractivity contribution < 1.29 is 47.1 Å². The number of hydrogen-bond acceptors (Lipinski definition) is 8. The number of methoxy groups -OCH3 is 1. The van der Waals surface area contributed by atoms with Gasteiger partial charge < -0.3 is 39.7 Å². The maximum atomic E-state index is 15.6. The molecule has 19 heteroatoms. The van der Waals surface area contributed by atoms with Gasteiger partial charge in [-0.2, -0.15) is 5.10 Å². The summed E-state index contributed by atoms with van der Waals surface area (Å²) in [4.78, 5) is 70.7. The number of carbonyl (C=O) groups is 5. The minimum absolute atomic E-state index is 0.00105. The van der Waals surface area contributed by atoms with E-state index in [0.29, 0.717) is 76.5 Å². The number of aliphatic carboxylic acids is 1. The molecule has 0 aliphatic carbocycles. The number of benzene rings is 2. The summed E-state index contributed by atoms with van der Waals surface area (Å²) in [6.07, 6.45) is 3.60. The van der Waals surface area contributed by atoms with Crippen molar-refractivity contribution in [2.45, 2.75) is 26.3 Å². The molecule has 4 amide bonds. The van der Waals surface area contributed by atoms with Crippen LogP contribution in [0.1, 0.15) is 39.5 Å². The van der Waals surface area contributed by atoms with Crippen molar-refractivity contribution in [1.82, 2.24) is 29.1 Å². The Labute approximate surface area is 337 Å². The molecule has 2 aliphatic rings. The lowest BCUT2D eigenvalue weighted by atomic mass is 9.94. The number of nitrogens with zero attached hydrogens (tertiary/aromatic N) is 7. The number of imidazole rings is 1. The van der Waals surface area contributed by atoms with Gasteiger partial charge in [0, 0.05) is 61.2 Å². The van der Waals surface area contributed by atoms with Crippen LogP contribution in [0.5, 0.6) is 0 Å². The number of amides is 4. The third-order valence-corrected chi connectivity index (χ3v) is 11.3. The maximum Gasteiger partial charge on any atom is 0.359 e. The molecule has 4 N–H and O–H groups in total. The average Bonchev–Trinajstić information content (AvgIpc) is 3.75. The van der Waals surface area contributed by atoms with Gasteiger partial charge in [-0.25, -0.2) is 18.6 Å². The molecule has 0 atom stereocenters. The van der Waals surface area contributed by atoms with Gasteiger partial charge in [-0.3, -0.25) is 23.9 Å². The monoisotopic (exact) mass is 824 g/mol. The number of halogens is 3. The van der Waals surface area contributed by atoms with Gasteiger partial charge in [-0.05, 0) is 44.0 Å². The minimum atomic E-state index is -1.11. The second-order valence-electron chi connectivity index (χ2n) is 14.7. The fraction of sp³-hybridized carbons (Fsp3) is 0.410. The van der Waals surface area contributed by atoms with Crippen molar-refractivity contribution in [3.05, 3.63) is 76.5 Å². The molecule has 58 heavy (non-hydrogen) atoms. The number of carboxylic acid groups (broad SMARTS) is 1. The summed E-state index contributed by atoms with van der Waals surface area (Å²) in [7, 11) is 3.06. The number of likely N-dealkylation sites (tertiary alicyclic amines) is 1. The van der Waals surface area contributed by atoms with Crippen LogP contribution >= 0.6 is 11.6 Å². The Hall–Kier alpha value is -5.72. The van der Waals surface area contributed by atoms with Crippen molar-refractivity contribution in [2.75, 3.05) is 71.4 Å². The zero-order valence-electron chi connectivity index (χ0n) is 32.3. The number of nitrogens with one attached hydrogen (secondary N) is 1. The molecule has 2 aromatic heterocycles. The van der Waals surface area contributed by atoms with Gasteiger partial charge >= 0.3 is 5.97 Å². The molecule has 16 nitrogen and oxygen atoms in total. The summed E-state index contributed by atoms with van der Waals surface area (Å²) in [5.41, 5.74) is 7.06. The lowest BCUT2D eigenvalue weighted by molar-refractivity contribution is -0.917. The number of ether oxygens (including phenoxy) is 1. The molecule has 0 spiro atoms. The normalized spacial score (nSPS) is 15.7. The minimum Gasteiger partial charge on any atom is -0.477 e. The molecular weight excluding hydrogens is 780 g/mol. The zero-order chi connectivity index (χ0) is 41.9. The number of anilines is 1. The number of quaternary nitrogens is 1. The first-order chi connectivity index (χ1) is 27.6. The predicted molar refractivity (Wildman–Crippen MR) is 208 cm³/mol. The number of piperidine rings is 1. The van der Waals surface area contributed by atoms with Gasteiger partial charge in [0.15, 0.2) is 30.5 Å². The molecule has 4 aromatic rings. The lowest BCUT2D eigenvalue weighted by Gasteiger charge is -2.44. The van der Waals surface area contributed by atoms with Gasteiger partial charge in [0.05, 0.1) is 68.0 Å². The topological polar surface area (TPSA) is 195 Å². The molecule has 0 saturated carbocycles. The fourth-order valence-electron chi connectivity index (χ4n) is 7.75. The van der Waals surface area contributed by atoms with Gasteiger partial charge in [0.2, 0.25) is 5.91 Å². The third-order valence-electron chi connectivity index (χ3n) is 11.0. The summed E-state index contributed by atoms with van der Waals surface area (Å²) >= 11 is 6.54.